The Bertz CT molecular complexity index is 1110. The molecule has 6 heteroatoms. The Balaban J connectivity index is 1.52. The van der Waals surface area contributed by atoms with Gasteiger partial charge in [0.1, 0.15) is 17.3 Å². The van der Waals surface area contributed by atoms with E-state index in [1.807, 2.05) is 68.4 Å². The highest BCUT2D eigenvalue weighted by molar-refractivity contribution is 5.98. The predicted octanol–water partition coefficient (Wildman–Crippen LogP) is 4.84. The van der Waals surface area contributed by atoms with Gasteiger partial charge in [0.2, 0.25) is 0 Å². The summed E-state index contributed by atoms with van der Waals surface area (Å²) in [5, 5.41) is 4.04. The van der Waals surface area contributed by atoms with Crippen LogP contribution in [0.3, 0.4) is 0 Å². The van der Waals surface area contributed by atoms with Crippen LogP contribution in [-0.4, -0.2) is 27.5 Å². The van der Waals surface area contributed by atoms with Crippen LogP contribution in [0.4, 0.5) is 0 Å². The zero-order valence-electron chi connectivity index (χ0n) is 16.5. The molecule has 0 saturated heterocycles. The number of benzene rings is 2. The number of nitrogens with zero attached hydrogens (tertiary/aromatic N) is 1. The van der Waals surface area contributed by atoms with Crippen LogP contribution in [0.25, 0.3) is 22.2 Å². The van der Waals surface area contributed by atoms with Gasteiger partial charge in [0.05, 0.1) is 24.5 Å². The van der Waals surface area contributed by atoms with E-state index in [1.165, 1.54) is 0 Å². The molecule has 2 aromatic heterocycles. The average Bonchev–Trinajstić information content (AvgIpc) is 3.40. The zero-order chi connectivity index (χ0) is 20.2. The lowest BCUT2D eigenvalue weighted by molar-refractivity contribution is 0.0929. The first kappa shape index (κ1) is 18.8. The maximum atomic E-state index is 12.8. The zero-order valence-corrected chi connectivity index (χ0v) is 16.5. The van der Waals surface area contributed by atoms with Crippen LogP contribution in [0.1, 0.15) is 42.6 Å². The van der Waals surface area contributed by atoms with E-state index in [0.717, 1.165) is 40.2 Å². The highest BCUT2D eigenvalue weighted by Gasteiger charge is 2.19. The fourth-order valence-electron chi connectivity index (χ4n) is 3.36. The number of rotatable bonds is 7. The first-order valence-corrected chi connectivity index (χ1v) is 9.84. The summed E-state index contributed by atoms with van der Waals surface area (Å²) in [6.45, 7) is 4.57. The maximum Gasteiger partial charge on any atom is 0.268 e. The van der Waals surface area contributed by atoms with Crippen LogP contribution >= 0.6 is 0 Å². The van der Waals surface area contributed by atoms with Gasteiger partial charge in [-0.2, -0.15) is 0 Å². The molecule has 0 fully saturated rings. The molecule has 3 N–H and O–H groups in total. The average molecular weight is 388 g/mol. The largest absolute Gasteiger partial charge is 0.494 e. The van der Waals surface area contributed by atoms with Crippen molar-refractivity contribution in [1.29, 1.82) is 0 Å². The molecule has 2 aromatic carbocycles. The highest BCUT2D eigenvalue weighted by atomic mass is 16.5. The number of fused-ring (bicyclic) bond motifs is 1. The number of carbonyl (C=O) groups is 1. The Labute approximate surface area is 169 Å². The van der Waals surface area contributed by atoms with Crippen molar-refractivity contribution >= 4 is 16.8 Å². The molecular formula is C23H24N4O2. The summed E-state index contributed by atoms with van der Waals surface area (Å²) in [5.41, 5.74) is 3.39. The second-order valence-electron chi connectivity index (χ2n) is 6.85. The summed E-state index contributed by atoms with van der Waals surface area (Å²) in [4.78, 5) is 23.8. The topological polar surface area (TPSA) is 82.8 Å². The molecule has 0 radical (unpaired) electrons. The predicted molar refractivity (Wildman–Crippen MR) is 114 cm³/mol. The molecule has 0 aliphatic heterocycles. The molecule has 0 saturated carbocycles. The summed E-state index contributed by atoms with van der Waals surface area (Å²) in [7, 11) is 0. The molecule has 4 rings (SSSR count). The van der Waals surface area contributed by atoms with Gasteiger partial charge in [-0.05, 0) is 37.1 Å². The van der Waals surface area contributed by atoms with E-state index in [2.05, 4.69) is 20.3 Å². The molecular weight excluding hydrogens is 364 g/mol. The fraction of sp³-hybridized carbons (Fsp3) is 0.217. The number of ether oxygens (including phenoxy) is 1. The SMILES string of the molecule is CCOc1ccc2cc(C(=O)NC(CC)c3ncc(-c4ccccc4)[nH]3)[nH]c2c1. The van der Waals surface area contributed by atoms with Crippen molar-refractivity contribution in [1.82, 2.24) is 20.3 Å². The lowest BCUT2D eigenvalue weighted by Crippen LogP contribution is -2.29. The van der Waals surface area contributed by atoms with Gasteiger partial charge in [-0.15, -0.1) is 0 Å². The van der Waals surface area contributed by atoms with Crippen molar-refractivity contribution < 1.29 is 9.53 Å². The van der Waals surface area contributed by atoms with Crippen LogP contribution in [-0.2, 0) is 0 Å². The number of carbonyl (C=O) groups excluding carboxylic acids is 1. The van der Waals surface area contributed by atoms with Crippen molar-refractivity contribution in [2.45, 2.75) is 26.3 Å². The number of imidazole rings is 1. The summed E-state index contributed by atoms with van der Waals surface area (Å²) in [6, 6.07) is 17.4. The van der Waals surface area contributed by atoms with Crippen LogP contribution in [0.15, 0.2) is 60.8 Å². The second-order valence-corrected chi connectivity index (χ2v) is 6.85. The van der Waals surface area contributed by atoms with Crippen molar-refractivity contribution in [3.63, 3.8) is 0 Å². The molecule has 1 unspecified atom stereocenters. The summed E-state index contributed by atoms with van der Waals surface area (Å²) >= 11 is 0. The lowest BCUT2D eigenvalue weighted by Gasteiger charge is -2.14. The number of nitrogens with one attached hydrogen (secondary N) is 3. The van der Waals surface area contributed by atoms with E-state index < -0.39 is 0 Å². The molecule has 29 heavy (non-hydrogen) atoms. The van der Waals surface area contributed by atoms with Gasteiger partial charge in [0, 0.05) is 17.0 Å². The summed E-state index contributed by atoms with van der Waals surface area (Å²) < 4.78 is 5.53. The molecule has 1 amide bonds. The third-order valence-electron chi connectivity index (χ3n) is 4.87. The third-order valence-corrected chi connectivity index (χ3v) is 4.87. The molecule has 148 valence electrons. The molecule has 6 nitrogen and oxygen atoms in total. The monoisotopic (exact) mass is 388 g/mol. The summed E-state index contributed by atoms with van der Waals surface area (Å²) in [5.74, 6) is 1.36. The molecule has 0 aliphatic rings. The minimum Gasteiger partial charge on any atom is -0.494 e. The number of hydrogen-bond acceptors (Lipinski definition) is 3. The van der Waals surface area contributed by atoms with Crippen LogP contribution in [0.2, 0.25) is 0 Å². The first-order valence-electron chi connectivity index (χ1n) is 9.84. The smallest absolute Gasteiger partial charge is 0.268 e. The Kier molecular flexibility index (Phi) is 5.33. The summed E-state index contributed by atoms with van der Waals surface area (Å²) in [6.07, 6.45) is 2.53. The standard InChI is InChI=1S/C23H24N4O2/c1-3-18(22-24-14-21(26-22)15-8-6-5-7-9-15)27-23(28)20-12-16-10-11-17(29-4-2)13-19(16)25-20/h5-14,18,25H,3-4H2,1-2H3,(H,24,26)(H,27,28). The minimum atomic E-state index is -0.203. The van der Waals surface area contributed by atoms with E-state index >= 15 is 0 Å². The van der Waals surface area contributed by atoms with Crippen molar-refractivity contribution in [3.8, 4) is 17.0 Å². The van der Waals surface area contributed by atoms with Gasteiger partial charge in [-0.1, -0.05) is 37.3 Å². The first-order chi connectivity index (χ1) is 14.2. The van der Waals surface area contributed by atoms with Crippen LogP contribution in [0.5, 0.6) is 5.75 Å². The van der Waals surface area contributed by atoms with Crippen molar-refractivity contribution in [2.75, 3.05) is 6.61 Å². The van der Waals surface area contributed by atoms with Gasteiger partial charge in [-0.3, -0.25) is 4.79 Å². The van der Waals surface area contributed by atoms with Crippen LogP contribution in [0, 0.1) is 0 Å². The molecule has 0 aliphatic carbocycles. The van der Waals surface area contributed by atoms with E-state index in [4.69, 9.17) is 4.74 Å². The number of H-pyrrole nitrogens is 2. The molecule has 0 spiro atoms. The third kappa shape index (κ3) is 4.01. The van der Waals surface area contributed by atoms with Crippen molar-refractivity contribution in [3.05, 3.63) is 72.3 Å². The number of aromatic nitrogens is 3. The molecule has 4 aromatic rings. The van der Waals surface area contributed by atoms with E-state index in [9.17, 15) is 4.79 Å². The minimum absolute atomic E-state index is 0.163. The molecule has 1 atom stereocenters. The maximum absolute atomic E-state index is 12.8. The molecule has 2 heterocycles. The van der Waals surface area contributed by atoms with E-state index in [-0.39, 0.29) is 11.9 Å². The van der Waals surface area contributed by atoms with Crippen molar-refractivity contribution in [2.24, 2.45) is 0 Å². The van der Waals surface area contributed by atoms with Gasteiger partial charge in [-0.25, -0.2) is 4.98 Å². The van der Waals surface area contributed by atoms with Gasteiger partial charge in [0.25, 0.3) is 5.91 Å². The van der Waals surface area contributed by atoms with E-state index in [1.54, 1.807) is 6.20 Å². The number of amides is 1. The number of aromatic amines is 2. The lowest BCUT2D eigenvalue weighted by atomic mass is 10.2. The number of hydrogen-bond donors (Lipinski definition) is 3. The molecule has 0 bridgehead atoms. The Hall–Kier alpha value is -3.54. The Morgan fingerprint density at radius 1 is 1.10 bits per heavy atom. The highest BCUT2D eigenvalue weighted by Crippen LogP contribution is 2.23. The Morgan fingerprint density at radius 3 is 2.69 bits per heavy atom. The normalized spacial score (nSPS) is 12.1. The van der Waals surface area contributed by atoms with E-state index in [0.29, 0.717) is 12.3 Å². The van der Waals surface area contributed by atoms with Gasteiger partial charge in [0.15, 0.2) is 0 Å². The second kappa shape index (κ2) is 8.22. The Morgan fingerprint density at radius 2 is 1.93 bits per heavy atom. The fourth-order valence-corrected chi connectivity index (χ4v) is 3.36. The quantitative estimate of drug-likeness (QED) is 0.424. The van der Waals surface area contributed by atoms with Crippen LogP contribution < -0.4 is 10.1 Å². The van der Waals surface area contributed by atoms with Gasteiger partial charge >= 0.3 is 0 Å². The van der Waals surface area contributed by atoms with Gasteiger partial charge < -0.3 is 20.0 Å².